The van der Waals surface area contributed by atoms with Gasteiger partial charge in [-0.3, -0.25) is 0 Å². The van der Waals surface area contributed by atoms with E-state index in [0.29, 0.717) is 13.2 Å². The van der Waals surface area contributed by atoms with Crippen molar-refractivity contribution in [2.24, 2.45) is 5.73 Å². The largest absolute Gasteiger partial charge is 0.407 e. The van der Waals surface area contributed by atoms with Crippen molar-refractivity contribution in [1.82, 2.24) is 0 Å². The van der Waals surface area contributed by atoms with Crippen LogP contribution in [0.1, 0.15) is 0 Å². The topological polar surface area (TPSA) is 35.2 Å². The first-order valence-electron chi connectivity index (χ1n) is 6.22. The molecule has 0 aliphatic heterocycles. The first-order valence-corrected chi connectivity index (χ1v) is 8.63. The van der Waals surface area contributed by atoms with Crippen LogP contribution in [0.5, 0.6) is 0 Å². The summed E-state index contributed by atoms with van der Waals surface area (Å²) in [7, 11) is -2.10. The van der Waals surface area contributed by atoms with Crippen molar-refractivity contribution in [2.45, 2.75) is 6.55 Å². The molecule has 2 N–H and O–H groups in total. The fraction of sp³-hybridized carbons (Fsp3) is 0.200. The highest BCUT2D eigenvalue weighted by molar-refractivity contribution is 6.96. The molecule has 94 valence electrons. The molecule has 0 unspecified atom stereocenters. The summed E-state index contributed by atoms with van der Waals surface area (Å²) in [6.45, 7) is 3.39. The summed E-state index contributed by atoms with van der Waals surface area (Å²) in [6.07, 6.45) is 0. The van der Waals surface area contributed by atoms with Gasteiger partial charge in [0, 0.05) is 13.2 Å². The van der Waals surface area contributed by atoms with Gasteiger partial charge in [0.25, 0.3) is 8.32 Å². The normalized spacial score (nSPS) is 11.4. The number of benzene rings is 2. The fourth-order valence-corrected chi connectivity index (χ4v) is 4.96. The lowest BCUT2D eigenvalue weighted by molar-refractivity contribution is 0.331. The van der Waals surface area contributed by atoms with E-state index in [2.05, 4.69) is 55.1 Å². The van der Waals surface area contributed by atoms with Gasteiger partial charge in [0.05, 0.1) is 0 Å². The Bertz CT molecular complexity index is 433. The van der Waals surface area contributed by atoms with E-state index in [1.165, 1.54) is 10.4 Å². The van der Waals surface area contributed by atoms with Gasteiger partial charge in [-0.1, -0.05) is 60.7 Å². The van der Waals surface area contributed by atoms with Crippen molar-refractivity contribution in [3.05, 3.63) is 60.7 Å². The summed E-state index contributed by atoms with van der Waals surface area (Å²) in [5.74, 6) is 0. The van der Waals surface area contributed by atoms with E-state index < -0.39 is 8.32 Å². The summed E-state index contributed by atoms with van der Waals surface area (Å²) >= 11 is 0. The van der Waals surface area contributed by atoms with Gasteiger partial charge in [-0.05, 0) is 16.9 Å². The average molecular weight is 257 g/mol. The molecule has 0 heterocycles. The Morgan fingerprint density at radius 1 is 0.889 bits per heavy atom. The number of hydrogen-bond acceptors (Lipinski definition) is 2. The zero-order valence-electron chi connectivity index (χ0n) is 10.7. The third-order valence-corrected chi connectivity index (χ3v) is 6.81. The molecule has 0 amide bonds. The Balaban J connectivity index is 2.41. The van der Waals surface area contributed by atoms with Gasteiger partial charge in [-0.15, -0.1) is 0 Å². The minimum atomic E-state index is -2.10. The van der Waals surface area contributed by atoms with Gasteiger partial charge < -0.3 is 10.2 Å². The summed E-state index contributed by atoms with van der Waals surface area (Å²) in [5, 5.41) is 2.56. The lowest BCUT2D eigenvalue weighted by atomic mass is 10.4. The highest BCUT2D eigenvalue weighted by atomic mass is 28.4. The molecule has 0 atom stereocenters. The first kappa shape index (κ1) is 13.0. The second-order valence-electron chi connectivity index (χ2n) is 4.40. The molecule has 2 aromatic rings. The molecule has 2 nitrogen and oxygen atoms in total. The van der Waals surface area contributed by atoms with Crippen molar-refractivity contribution >= 4 is 18.7 Å². The van der Waals surface area contributed by atoms with Crippen molar-refractivity contribution in [1.29, 1.82) is 0 Å². The molecule has 3 heteroatoms. The molecule has 0 bridgehead atoms. The third kappa shape index (κ3) is 2.69. The molecule has 0 radical (unpaired) electrons. The molecule has 2 aromatic carbocycles. The van der Waals surface area contributed by atoms with E-state index >= 15 is 0 Å². The van der Waals surface area contributed by atoms with Gasteiger partial charge in [0.1, 0.15) is 0 Å². The van der Waals surface area contributed by atoms with Gasteiger partial charge in [0.15, 0.2) is 0 Å². The molecule has 0 saturated heterocycles. The fourth-order valence-electron chi connectivity index (χ4n) is 2.11. The Labute approximate surface area is 110 Å². The molecule has 2 rings (SSSR count). The van der Waals surface area contributed by atoms with Crippen molar-refractivity contribution in [3.8, 4) is 0 Å². The van der Waals surface area contributed by atoms with Crippen molar-refractivity contribution in [3.63, 3.8) is 0 Å². The Morgan fingerprint density at radius 2 is 1.33 bits per heavy atom. The van der Waals surface area contributed by atoms with E-state index in [-0.39, 0.29) is 0 Å². The Hall–Kier alpha value is -1.42. The van der Waals surface area contributed by atoms with Crippen molar-refractivity contribution < 1.29 is 4.43 Å². The third-order valence-electron chi connectivity index (χ3n) is 3.16. The van der Waals surface area contributed by atoms with Gasteiger partial charge in [-0.2, -0.15) is 0 Å². The molecule has 0 saturated carbocycles. The van der Waals surface area contributed by atoms with E-state index in [1.807, 2.05) is 12.1 Å². The van der Waals surface area contributed by atoms with Crippen LogP contribution in [0.15, 0.2) is 60.7 Å². The standard InChI is InChI=1S/C15H19NOSi/c1-18(17-13-12-16,14-8-4-2-5-9-14)15-10-6-3-7-11-15/h2-11H,12-13,16H2,1H3. The van der Waals surface area contributed by atoms with E-state index in [0.717, 1.165) is 0 Å². The maximum absolute atomic E-state index is 6.16. The van der Waals surface area contributed by atoms with Crippen LogP contribution in [0.4, 0.5) is 0 Å². The first-order chi connectivity index (χ1) is 8.77. The molecule has 0 spiro atoms. The maximum atomic E-state index is 6.16. The van der Waals surface area contributed by atoms with E-state index in [4.69, 9.17) is 10.2 Å². The van der Waals surface area contributed by atoms with Crippen LogP contribution in [-0.2, 0) is 4.43 Å². The van der Waals surface area contributed by atoms with Gasteiger partial charge >= 0.3 is 0 Å². The van der Waals surface area contributed by atoms with Crippen LogP contribution < -0.4 is 16.1 Å². The quantitative estimate of drug-likeness (QED) is 0.821. The SMILES string of the molecule is C[Si](OCCN)(c1ccccc1)c1ccccc1. The lowest BCUT2D eigenvalue weighted by Gasteiger charge is -2.28. The minimum absolute atomic E-state index is 0.558. The molecule has 0 aliphatic carbocycles. The van der Waals surface area contributed by atoms with Gasteiger partial charge in [0.2, 0.25) is 0 Å². The van der Waals surface area contributed by atoms with E-state index in [9.17, 15) is 0 Å². The van der Waals surface area contributed by atoms with Crippen LogP contribution in [0.2, 0.25) is 6.55 Å². The lowest BCUT2D eigenvalue weighted by Crippen LogP contribution is -2.58. The van der Waals surface area contributed by atoms with E-state index in [1.54, 1.807) is 0 Å². The molecular weight excluding hydrogens is 238 g/mol. The number of rotatable bonds is 5. The summed E-state index contributed by atoms with van der Waals surface area (Å²) in [4.78, 5) is 0. The predicted octanol–water partition coefficient (Wildman–Crippen LogP) is 1.35. The predicted molar refractivity (Wildman–Crippen MR) is 78.8 cm³/mol. The summed E-state index contributed by atoms with van der Waals surface area (Å²) in [5.41, 5.74) is 5.59. The molecular formula is C15H19NOSi. The average Bonchev–Trinajstić information content (AvgIpc) is 2.46. The highest BCUT2D eigenvalue weighted by Gasteiger charge is 2.33. The monoisotopic (exact) mass is 257 g/mol. The van der Waals surface area contributed by atoms with Crippen LogP contribution in [-0.4, -0.2) is 21.5 Å². The number of nitrogens with two attached hydrogens (primary N) is 1. The zero-order chi connectivity index (χ0) is 12.8. The van der Waals surface area contributed by atoms with Crippen LogP contribution in [0, 0.1) is 0 Å². The molecule has 0 aromatic heterocycles. The van der Waals surface area contributed by atoms with Crippen LogP contribution >= 0.6 is 0 Å². The summed E-state index contributed by atoms with van der Waals surface area (Å²) < 4.78 is 6.16. The van der Waals surface area contributed by atoms with Gasteiger partial charge in [-0.25, -0.2) is 0 Å². The second-order valence-corrected chi connectivity index (χ2v) is 7.91. The molecule has 18 heavy (non-hydrogen) atoms. The number of hydrogen-bond donors (Lipinski definition) is 1. The molecule has 0 aliphatic rings. The van der Waals surface area contributed by atoms with Crippen LogP contribution in [0.3, 0.4) is 0 Å². The smallest absolute Gasteiger partial charge is 0.252 e. The zero-order valence-corrected chi connectivity index (χ0v) is 11.7. The minimum Gasteiger partial charge on any atom is -0.407 e. The van der Waals surface area contributed by atoms with Crippen LogP contribution in [0.25, 0.3) is 0 Å². The maximum Gasteiger partial charge on any atom is 0.252 e. The highest BCUT2D eigenvalue weighted by Crippen LogP contribution is 2.07. The molecule has 0 fully saturated rings. The van der Waals surface area contributed by atoms with Crippen molar-refractivity contribution in [2.75, 3.05) is 13.2 Å². The summed E-state index contributed by atoms with van der Waals surface area (Å²) in [6, 6.07) is 20.9. The Morgan fingerprint density at radius 3 is 1.72 bits per heavy atom. The Kier molecular flexibility index (Phi) is 4.31. The second kappa shape index (κ2) is 5.95.